The lowest BCUT2D eigenvalue weighted by Crippen LogP contribution is -2.48. The summed E-state index contributed by atoms with van der Waals surface area (Å²) in [5, 5.41) is 17.6. The molecule has 0 spiro atoms. The first-order valence-corrected chi connectivity index (χ1v) is 7.36. The van der Waals surface area contributed by atoms with Crippen LogP contribution in [0, 0.1) is 13.8 Å². The smallest absolute Gasteiger partial charge is 0.252 e. The number of carbonyl (C=O) groups is 1. The van der Waals surface area contributed by atoms with Crippen molar-refractivity contribution in [3.63, 3.8) is 0 Å². The van der Waals surface area contributed by atoms with Crippen LogP contribution in [0.4, 0.5) is 0 Å². The molecular formula is C15H25N3O2. The summed E-state index contributed by atoms with van der Waals surface area (Å²) in [7, 11) is 1.93. The minimum atomic E-state index is -1.15. The summed E-state index contributed by atoms with van der Waals surface area (Å²) >= 11 is 0. The largest absolute Gasteiger partial charge is 0.380 e. The number of aliphatic hydroxyl groups is 1. The number of nitrogens with one attached hydrogen (secondary N) is 1. The van der Waals surface area contributed by atoms with Crippen LogP contribution in [0.15, 0.2) is 0 Å². The fraction of sp³-hybridized carbons (Fsp3) is 0.733. The average Bonchev–Trinajstić information content (AvgIpc) is 2.91. The lowest BCUT2D eigenvalue weighted by atomic mass is 9.99. The minimum Gasteiger partial charge on any atom is -0.380 e. The number of nitrogens with zero attached hydrogens (tertiary/aromatic N) is 2. The average molecular weight is 279 g/mol. The van der Waals surface area contributed by atoms with Gasteiger partial charge in [0.2, 0.25) is 0 Å². The topological polar surface area (TPSA) is 67.2 Å². The first kappa shape index (κ1) is 15.0. The van der Waals surface area contributed by atoms with E-state index in [1.54, 1.807) is 0 Å². The zero-order valence-electron chi connectivity index (χ0n) is 12.9. The van der Waals surface area contributed by atoms with Gasteiger partial charge in [-0.15, -0.1) is 0 Å². The Kier molecular flexibility index (Phi) is 4.18. The number of aryl methyl sites for hydroxylation is 2. The molecule has 5 nitrogen and oxygen atoms in total. The van der Waals surface area contributed by atoms with Crippen LogP contribution in [0.2, 0.25) is 0 Å². The fourth-order valence-corrected chi connectivity index (χ4v) is 3.02. The maximum atomic E-state index is 12.2. The number of amides is 1. The molecule has 0 saturated heterocycles. The van der Waals surface area contributed by atoms with Crippen LogP contribution in [-0.2, 0) is 18.3 Å². The van der Waals surface area contributed by atoms with E-state index in [1.165, 1.54) is 5.56 Å². The molecule has 1 atom stereocenters. The van der Waals surface area contributed by atoms with Crippen molar-refractivity contribution in [3.05, 3.63) is 17.0 Å². The molecule has 2 rings (SSSR count). The van der Waals surface area contributed by atoms with Crippen LogP contribution in [0.5, 0.6) is 0 Å². The molecule has 0 bridgehead atoms. The zero-order valence-corrected chi connectivity index (χ0v) is 12.9. The third-order valence-corrected chi connectivity index (χ3v) is 4.40. The van der Waals surface area contributed by atoms with Crippen molar-refractivity contribution in [2.24, 2.45) is 7.05 Å². The third-order valence-electron chi connectivity index (χ3n) is 4.40. The summed E-state index contributed by atoms with van der Waals surface area (Å²) in [6.45, 7) is 6.00. The molecule has 1 amide bonds. The highest BCUT2D eigenvalue weighted by Crippen LogP contribution is 2.29. The SMILES string of the molecule is Cc1nn(C)c(C)c1CC(C)NC(=O)C1(O)CCCC1. The first-order chi connectivity index (χ1) is 9.33. The second-order valence-electron chi connectivity index (χ2n) is 6.09. The van der Waals surface area contributed by atoms with Crippen LogP contribution < -0.4 is 5.32 Å². The van der Waals surface area contributed by atoms with Crippen molar-refractivity contribution >= 4 is 5.91 Å². The lowest BCUT2D eigenvalue weighted by Gasteiger charge is -2.24. The van der Waals surface area contributed by atoms with Gasteiger partial charge >= 0.3 is 0 Å². The van der Waals surface area contributed by atoms with Gasteiger partial charge in [0.25, 0.3) is 5.91 Å². The van der Waals surface area contributed by atoms with E-state index in [-0.39, 0.29) is 11.9 Å². The Hall–Kier alpha value is -1.36. The number of aromatic nitrogens is 2. The van der Waals surface area contributed by atoms with Crippen LogP contribution in [-0.4, -0.2) is 32.4 Å². The molecule has 0 aromatic carbocycles. The van der Waals surface area contributed by atoms with Crippen molar-refractivity contribution in [1.82, 2.24) is 15.1 Å². The summed E-state index contributed by atoms with van der Waals surface area (Å²) in [4.78, 5) is 12.2. The van der Waals surface area contributed by atoms with E-state index in [1.807, 2.05) is 32.5 Å². The molecule has 20 heavy (non-hydrogen) atoms. The summed E-state index contributed by atoms with van der Waals surface area (Å²) in [6, 6.07) is -0.00581. The normalized spacial score (nSPS) is 19.1. The Morgan fingerprint density at radius 1 is 1.45 bits per heavy atom. The Morgan fingerprint density at radius 2 is 2.05 bits per heavy atom. The van der Waals surface area contributed by atoms with Crippen molar-refractivity contribution in [2.45, 2.75) is 64.5 Å². The first-order valence-electron chi connectivity index (χ1n) is 7.36. The van der Waals surface area contributed by atoms with Gasteiger partial charge in [-0.3, -0.25) is 9.48 Å². The molecule has 112 valence electrons. The molecule has 1 aliphatic carbocycles. The fourth-order valence-electron chi connectivity index (χ4n) is 3.02. The molecule has 0 radical (unpaired) electrons. The number of hydrogen-bond donors (Lipinski definition) is 2. The predicted molar refractivity (Wildman–Crippen MR) is 77.4 cm³/mol. The maximum Gasteiger partial charge on any atom is 0.252 e. The van der Waals surface area contributed by atoms with Crippen LogP contribution in [0.25, 0.3) is 0 Å². The second kappa shape index (κ2) is 5.56. The molecule has 1 aromatic heterocycles. The van der Waals surface area contributed by atoms with Crippen LogP contribution in [0.3, 0.4) is 0 Å². The third kappa shape index (κ3) is 2.87. The number of rotatable bonds is 4. The van der Waals surface area contributed by atoms with Gasteiger partial charge in [0.05, 0.1) is 5.69 Å². The Balaban J connectivity index is 1.98. The van der Waals surface area contributed by atoms with Gasteiger partial charge in [0.1, 0.15) is 5.60 Å². The summed E-state index contributed by atoms with van der Waals surface area (Å²) in [6.07, 6.45) is 3.76. The van der Waals surface area contributed by atoms with Crippen LogP contribution >= 0.6 is 0 Å². The molecular weight excluding hydrogens is 254 g/mol. The van der Waals surface area contributed by atoms with E-state index in [9.17, 15) is 9.90 Å². The van der Waals surface area contributed by atoms with Crippen molar-refractivity contribution in [3.8, 4) is 0 Å². The number of hydrogen-bond acceptors (Lipinski definition) is 3. The highest BCUT2D eigenvalue weighted by molar-refractivity contribution is 5.85. The molecule has 1 heterocycles. The van der Waals surface area contributed by atoms with Crippen LogP contribution in [0.1, 0.15) is 49.6 Å². The van der Waals surface area contributed by atoms with Gasteiger partial charge in [-0.1, -0.05) is 0 Å². The highest BCUT2D eigenvalue weighted by Gasteiger charge is 2.39. The maximum absolute atomic E-state index is 12.2. The van der Waals surface area contributed by atoms with E-state index in [2.05, 4.69) is 10.4 Å². The molecule has 1 aliphatic rings. The molecule has 5 heteroatoms. The molecule has 2 N–H and O–H groups in total. The Bertz CT molecular complexity index is 501. The van der Waals surface area contributed by atoms with Crippen molar-refractivity contribution in [2.75, 3.05) is 0 Å². The van der Waals surface area contributed by atoms with E-state index in [4.69, 9.17) is 0 Å². The van der Waals surface area contributed by atoms with Crippen molar-refractivity contribution < 1.29 is 9.90 Å². The summed E-state index contributed by atoms with van der Waals surface area (Å²) in [5.74, 6) is -0.221. The van der Waals surface area contributed by atoms with E-state index < -0.39 is 5.60 Å². The quantitative estimate of drug-likeness (QED) is 0.875. The molecule has 1 fully saturated rings. The van der Waals surface area contributed by atoms with Gasteiger partial charge in [-0.05, 0) is 58.4 Å². The van der Waals surface area contributed by atoms with E-state index >= 15 is 0 Å². The monoisotopic (exact) mass is 279 g/mol. The van der Waals surface area contributed by atoms with E-state index in [0.29, 0.717) is 12.8 Å². The lowest BCUT2D eigenvalue weighted by molar-refractivity contribution is -0.139. The van der Waals surface area contributed by atoms with Gasteiger partial charge < -0.3 is 10.4 Å². The molecule has 1 unspecified atom stereocenters. The minimum absolute atomic E-state index is 0.00581. The van der Waals surface area contributed by atoms with Gasteiger partial charge in [-0.2, -0.15) is 5.10 Å². The van der Waals surface area contributed by atoms with Gasteiger partial charge in [0.15, 0.2) is 0 Å². The summed E-state index contributed by atoms with van der Waals surface area (Å²) in [5.41, 5.74) is 2.17. The molecule has 1 aromatic rings. The van der Waals surface area contributed by atoms with Gasteiger partial charge in [0, 0.05) is 18.8 Å². The highest BCUT2D eigenvalue weighted by atomic mass is 16.3. The second-order valence-corrected chi connectivity index (χ2v) is 6.09. The standard InChI is InChI=1S/C15H25N3O2/c1-10(9-13-11(2)17-18(4)12(13)3)16-14(19)15(20)7-5-6-8-15/h10,20H,5-9H2,1-4H3,(H,16,19). The van der Waals surface area contributed by atoms with E-state index in [0.717, 1.165) is 30.7 Å². The molecule has 0 aliphatic heterocycles. The Morgan fingerprint density at radius 3 is 2.55 bits per heavy atom. The summed E-state index contributed by atoms with van der Waals surface area (Å²) < 4.78 is 1.86. The Labute approximate surface area is 120 Å². The van der Waals surface area contributed by atoms with Gasteiger partial charge in [-0.25, -0.2) is 0 Å². The predicted octanol–water partition coefficient (Wildman–Crippen LogP) is 1.39. The zero-order chi connectivity index (χ0) is 14.9. The number of carbonyl (C=O) groups excluding carboxylic acids is 1. The van der Waals surface area contributed by atoms with Crippen molar-refractivity contribution in [1.29, 1.82) is 0 Å². The molecule has 1 saturated carbocycles.